The molecule has 2 unspecified atom stereocenters. The molecule has 2 aliphatic rings. The number of rotatable bonds is 3. The average molecular weight is 240 g/mol. The number of nitrogens with two attached hydrogens (primary N) is 1. The summed E-state index contributed by atoms with van der Waals surface area (Å²) in [5, 5.41) is 5.60. The van der Waals surface area contributed by atoms with Gasteiger partial charge >= 0.3 is 6.03 Å². The number of carbonyl (C=O) groups excluding carboxylic acids is 2. The third-order valence-electron chi connectivity index (χ3n) is 3.59. The molecule has 2 saturated heterocycles. The summed E-state index contributed by atoms with van der Waals surface area (Å²) in [5.41, 5.74) is 4.88. The SMILES string of the molecule is NC(=O)NC(=O)CCN1CC2CCCNC2C1. The number of likely N-dealkylation sites (tertiary alicyclic amines) is 1. The molecule has 3 amide bonds. The van der Waals surface area contributed by atoms with Crippen LogP contribution in [0.25, 0.3) is 0 Å². The third kappa shape index (κ3) is 3.41. The third-order valence-corrected chi connectivity index (χ3v) is 3.59. The molecule has 0 aromatic heterocycles. The van der Waals surface area contributed by atoms with Gasteiger partial charge in [-0.25, -0.2) is 4.79 Å². The summed E-state index contributed by atoms with van der Waals surface area (Å²) in [6.45, 7) is 3.88. The molecule has 2 heterocycles. The van der Waals surface area contributed by atoms with Gasteiger partial charge in [0.2, 0.25) is 5.91 Å². The molecule has 6 nitrogen and oxygen atoms in total. The maximum absolute atomic E-state index is 11.3. The highest BCUT2D eigenvalue weighted by Gasteiger charge is 2.33. The smallest absolute Gasteiger partial charge is 0.318 e. The maximum Gasteiger partial charge on any atom is 0.318 e. The summed E-state index contributed by atoms with van der Waals surface area (Å²) in [5.74, 6) is 0.434. The molecule has 0 bridgehead atoms. The van der Waals surface area contributed by atoms with Crippen LogP contribution in [-0.4, -0.2) is 49.1 Å². The Kier molecular flexibility index (Phi) is 3.96. The molecule has 0 spiro atoms. The molecule has 0 saturated carbocycles. The lowest BCUT2D eigenvalue weighted by Gasteiger charge is -2.24. The fourth-order valence-electron chi connectivity index (χ4n) is 2.78. The summed E-state index contributed by atoms with van der Waals surface area (Å²) >= 11 is 0. The van der Waals surface area contributed by atoms with Crippen LogP contribution in [-0.2, 0) is 4.79 Å². The Morgan fingerprint density at radius 2 is 2.24 bits per heavy atom. The van der Waals surface area contributed by atoms with Crippen molar-refractivity contribution < 1.29 is 9.59 Å². The number of amides is 3. The molecule has 2 atom stereocenters. The second-order valence-corrected chi connectivity index (χ2v) is 4.88. The van der Waals surface area contributed by atoms with Crippen LogP contribution in [0.5, 0.6) is 0 Å². The molecular formula is C11H20N4O2. The highest BCUT2D eigenvalue weighted by atomic mass is 16.2. The Hall–Kier alpha value is -1.14. The van der Waals surface area contributed by atoms with Crippen LogP contribution in [0.3, 0.4) is 0 Å². The van der Waals surface area contributed by atoms with Gasteiger partial charge in [-0.15, -0.1) is 0 Å². The molecule has 2 rings (SSSR count). The summed E-state index contributed by atoms with van der Waals surface area (Å²) in [6, 6.07) is -0.185. The standard InChI is InChI=1S/C11H20N4O2/c12-11(17)14-10(16)3-5-15-6-8-2-1-4-13-9(8)7-15/h8-9,13H,1-7H2,(H3,12,14,16,17). The molecule has 2 aliphatic heterocycles. The quantitative estimate of drug-likeness (QED) is 0.606. The van der Waals surface area contributed by atoms with E-state index in [1.54, 1.807) is 0 Å². The Morgan fingerprint density at radius 3 is 2.94 bits per heavy atom. The van der Waals surface area contributed by atoms with E-state index in [1.165, 1.54) is 12.8 Å². The van der Waals surface area contributed by atoms with Crippen LogP contribution >= 0.6 is 0 Å². The highest BCUT2D eigenvalue weighted by molar-refractivity contribution is 5.93. The molecule has 96 valence electrons. The van der Waals surface area contributed by atoms with Crippen molar-refractivity contribution in [1.29, 1.82) is 0 Å². The molecule has 0 radical (unpaired) electrons. The Balaban J connectivity index is 1.70. The fourth-order valence-corrected chi connectivity index (χ4v) is 2.78. The van der Waals surface area contributed by atoms with E-state index in [1.807, 2.05) is 0 Å². The number of nitrogens with one attached hydrogen (secondary N) is 2. The molecular weight excluding hydrogens is 220 g/mol. The number of fused-ring (bicyclic) bond motifs is 1. The molecule has 4 N–H and O–H groups in total. The summed E-state index contributed by atoms with van der Waals surface area (Å²) in [4.78, 5) is 24.0. The lowest BCUT2D eigenvalue weighted by molar-refractivity contribution is -0.120. The van der Waals surface area contributed by atoms with Gasteiger partial charge < -0.3 is 16.0 Å². The molecule has 0 aliphatic carbocycles. The number of piperidine rings is 1. The van der Waals surface area contributed by atoms with E-state index < -0.39 is 6.03 Å². The van der Waals surface area contributed by atoms with Crippen molar-refractivity contribution >= 4 is 11.9 Å². The minimum Gasteiger partial charge on any atom is -0.351 e. The number of carbonyl (C=O) groups is 2. The van der Waals surface area contributed by atoms with Crippen molar-refractivity contribution in [3.05, 3.63) is 0 Å². The minimum absolute atomic E-state index is 0.291. The predicted molar refractivity (Wildman–Crippen MR) is 63.3 cm³/mol. The summed E-state index contributed by atoms with van der Waals surface area (Å²) in [6.07, 6.45) is 2.86. The van der Waals surface area contributed by atoms with Gasteiger partial charge in [0.25, 0.3) is 0 Å². The molecule has 2 fully saturated rings. The zero-order chi connectivity index (χ0) is 12.3. The van der Waals surface area contributed by atoms with Crippen molar-refractivity contribution in [3.8, 4) is 0 Å². The Morgan fingerprint density at radius 1 is 1.41 bits per heavy atom. The summed E-state index contributed by atoms with van der Waals surface area (Å²) < 4.78 is 0. The van der Waals surface area contributed by atoms with Crippen LogP contribution in [0.15, 0.2) is 0 Å². The van der Waals surface area contributed by atoms with Gasteiger partial charge in [0.15, 0.2) is 0 Å². The maximum atomic E-state index is 11.3. The lowest BCUT2D eigenvalue weighted by atomic mass is 9.94. The molecule has 17 heavy (non-hydrogen) atoms. The molecule has 6 heteroatoms. The van der Waals surface area contributed by atoms with Crippen LogP contribution < -0.4 is 16.4 Å². The van der Waals surface area contributed by atoms with E-state index in [-0.39, 0.29) is 5.91 Å². The molecule has 0 aromatic rings. The number of imide groups is 1. The highest BCUT2D eigenvalue weighted by Crippen LogP contribution is 2.24. The van der Waals surface area contributed by atoms with Crippen molar-refractivity contribution in [3.63, 3.8) is 0 Å². The van der Waals surface area contributed by atoms with Gasteiger partial charge in [-0.05, 0) is 25.3 Å². The van der Waals surface area contributed by atoms with E-state index in [0.29, 0.717) is 19.0 Å². The van der Waals surface area contributed by atoms with Gasteiger partial charge in [0.1, 0.15) is 0 Å². The zero-order valence-electron chi connectivity index (χ0n) is 9.95. The van der Waals surface area contributed by atoms with E-state index in [0.717, 1.165) is 25.6 Å². The number of primary amides is 1. The monoisotopic (exact) mass is 240 g/mol. The van der Waals surface area contributed by atoms with E-state index in [9.17, 15) is 9.59 Å². The first-order chi connectivity index (χ1) is 8.15. The fraction of sp³-hybridized carbons (Fsp3) is 0.818. The van der Waals surface area contributed by atoms with Gasteiger partial charge in [-0.2, -0.15) is 0 Å². The number of hydrogen-bond acceptors (Lipinski definition) is 4. The average Bonchev–Trinajstić information content (AvgIpc) is 2.68. The number of nitrogens with zero attached hydrogens (tertiary/aromatic N) is 1. The van der Waals surface area contributed by atoms with Gasteiger partial charge in [-0.1, -0.05) is 0 Å². The lowest BCUT2D eigenvalue weighted by Crippen LogP contribution is -2.41. The van der Waals surface area contributed by atoms with E-state index >= 15 is 0 Å². The van der Waals surface area contributed by atoms with E-state index in [2.05, 4.69) is 15.5 Å². The van der Waals surface area contributed by atoms with Crippen LogP contribution in [0.4, 0.5) is 4.79 Å². The van der Waals surface area contributed by atoms with Gasteiger partial charge in [0.05, 0.1) is 0 Å². The number of urea groups is 1. The minimum atomic E-state index is -0.772. The number of hydrogen-bond donors (Lipinski definition) is 3. The van der Waals surface area contributed by atoms with Crippen molar-refractivity contribution in [2.45, 2.75) is 25.3 Å². The van der Waals surface area contributed by atoms with Crippen molar-refractivity contribution in [1.82, 2.24) is 15.5 Å². The molecule has 0 aromatic carbocycles. The zero-order valence-corrected chi connectivity index (χ0v) is 9.95. The normalized spacial score (nSPS) is 28.7. The Bertz CT molecular complexity index is 294. The van der Waals surface area contributed by atoms with Gasteiger partial charge in [-0.3, -0.25) is 10.1 Å². The Labute approximate surface area is 101 Å². The van der Waals surface area contributed by atoms with Gasteiger partial charge in [0, 0.05) is 32.1 Å². The van der Waals surface area contributed by atoms with Crippen LogP contribution in [0, 0.1) is 5.92 Å². The first-order valence-electron chi connectivity index (χ1n) is 6.20. The first kappa shape index (κ1) is 12.3. The van der Waals surface area contributed by atoms with Crippen LogP contribution in [0.2, 0.25) is 0 Å². The van der Waals surface area contributed by atoms with E-state index in [4.69, 9.17) is 5.73 Å². The second kappa shape index (κ2) is 5.46. The van der Waals surface area contributed by atoms with Crippen molar-refractivity contribution in [2.75, 3.05) is 26.2 Å². The summed E-state index contributed by atoms with van der Waals surface area (Å²) in [7, 11) is 0. The second-order valence-electron chi connectivity index (χ2n) is 4.88. The largest absolute Gasteiger partial charge is 0.351 e. The topological polar surface area (TPSA) is 87.5 Å². The van der Waals surface area contributed by atoms with Crippen LogP contribution in [0.1, 0.15) is 19.3 Å². The van der Waals surface area contributed by atoms with Crippen molar-refractivity contribution in [2.24, 2.45) is 11.7 Å². The predicted octanol–water partition coefficient (Wildman–Crippen LogP) is -0.745. The first-order valence-corrected chi connectivity index (χ1v) is 6.20.